The number of carbonyl (C=O) groups is 1. The monoisotopic (exact) mass is 440 g/mol. The molecule has 0 saturated carbocycles. The second-order valence-electron chi connectivity index (χ2n) is 8.49. The summed E-state index contributed by atoms with van der Waals surface area (Å²) in [6.45, 7) is 6.66. The van der Waals surface area contributed by atoms with Crippen LogP contribution in [0.3, 0.4) is 0 Å². The van der Waals surface area contributed by atoms with Crippen molar-refractivity contribution >= 4 is 16.8 Å². The van der Waals surface area contributed by atoms with Crippen molar-refractivity contribution in [1.82, 2.24) is 9.88 Å². The van der Waals surface area contributed by atoms with E-state index in [0.717, 1.165) is 33.2 Å². The van der Waals surface area contributed by atoms with Crippen LogP contribution in [-0.2, 0) is 13.1 Å². The molecule has 5 heteroatoms. The van der Waals surface area contributed by atoms with Crippen LogP contribution in [-0.4, -0.2) is 22.9 Å². The number of amides is 1. The van der Waals surface area contributed by atoms with E-state index < -0.39 is 0 Å². The fourth-order valence-corrected chi connectivity index (χ4v) is 3.95. The molecule has 1 heterocycles. The van der Waals surface area contributed by atoms with E-state index in [-0.39, 0.29) is 18.0 Å². The van der Waals surface area contributed by atoms with Crippen molar-refractivity contribution in [1.29, 1.82) is 0 Å². The van der Waals surface area contributed by atoms with Gasteiger partial charge in [-0.25, -0.2) is 0 Å². The van der Waals surface area contributed by atoms with Crippen LogP contribution in [0, 0.1) is 20.8 Å². The molecule has 0 aliphatic carbocycles. The van der Waals surface area contributed by atoms with Crippen molar-refractivity contribution in [3.8, 4) is 5.75 Å². The minimum atomic E-state index is -0.188. The predicted octanol–water partition coefficient (Wildman–Crippen LogP) is 5.30. The first-order valence-electron chi connectivity index (χ1n) is 11.0. The number of hydrogen-bond acceptors (Lipinski definition) is 3. The second kappa shape index (κ2) is 9.33. The molecular weight excluding hydrogens is 412 g/mol. The quantitative estimate of drug-likeness (QED) is 0.442. The summed E-state index contributed by atoms with van der Waals surface area (Å²) in [6.07, 6.45) is 0. The van der Waals surface area contributed by atoms with Gasteiger partial charge in [0.1, 0.15) is 5.75 Å². The molecule has 0 aliphatic rings. The number of nitrogens with zero attached hydrogens (tertiary/aromatic N) is 1. The van der Waals surface area contributed by atoms with Crippen LogP contribution in [0.2, 0.25) is 0 Å². The number of hydrogen-bond donors (Lipinski definition) is 1. The first-order valence-corrected chi connectivity index (χ1v) is 11.0. The fourth-order valence-electron chi connectivity index (χ4n) is 3.95. The van der Waals surface area contributed by atoms with E-state index in [4.69, 9.17) is 4.74 Å². The van der Waals surface area contributed by atoms with Gasteiger partial charge in [0.2, 0.25) is 0 Å². The molecule has 0 aliphatic heterocycles. The third-order valence-electron chi connectivity index (χ3n) is 6.02. The summed E-state index contributed by atoms with van der Waals surface area (Å²) >= 11 is 0. The van der Waals surface area contributed by atoms with Crippen LogP contribution < -0.4 is 10.3 Å². The van der Waals surface area contributed by atoms with Gasteiger partial charge in [-0.05, 0) is 73.2 Å². The van der Waals surface area contributed by atoms with E-state index in [1.165, 1.54) is 0 Å². The van der Waals surface area contributed by atoms with Gasteiger partial charge in [0.05, 0.1) is 19.2 Å². The number of nitrogens with one attached hydrogen (secondary N) is 1. The lowest BCUT2D eigenvalue weighted by Gasteiger charge is -2.24. The lowest BCUT2D eigenvalue weighted by atomic mass is 10.0. The number of benzene rings is 3. The number of aromatic amines is 1. The van der Waals surface area contributed by atoms with Crippen LogP contribution in [0.5, 0.6) is 5.75 Å². The Balaban J connectivity index is 1.75. The molecule has 1 aromatic heterocycles. The molecule has 0 unspecified atom stereocenters. The number of fused-ring (bicyclic) bond motifs is 1. The molecule has 168 valence electrons. The van der Waals surface area contributed by atoms with Crippen molar-refractivity contribution in [2.24, 2.45) is 0 Å². The number of methoxy groups -OCH3 is 1. The number of ether oxygens (including phenoxy) is 1. The molecule has 0 bridgehead atoms. The molecular formula is C28H28N2O3. The highest BCUT2D eigenvalue weighted by molar-refractivity contribution is 5.97. The standard InChI is InChI=1S/C28H28N2O3/c1-18-9-11-21(12-10-18)16-30(28(32)24-7-5-6-8-26(24)33-4)17-23-15-22-13-19(2)20(3)14-25(22)29-27(23)31/h5-15H,16-17H2,1-4H3,(H,29,31). The Morgan fingerprint density at radius 3 is 2.33 bits per heavy atom. The van der Waals surface area contributed by atoms with Crippen molar-refractivity contribution < 1.29 is 9.53 Å². The topological polar surface area (TPSA) is 62.4 Å². The van der Waals surface area contributed by atoms with Crippen LogP contribution in [0.1, 0.15) is 38.2 Å². The number of pyridine rings is 1. The van der Waals surface area contributed by atoms with Gasteiger partial charge in [-0.15, -0.1) is 0 Å². The Hall–Kier alpha value is -3.86. The lowest BCUT2D eigenvalue weighted by molar-refractivity contribution is 0.0726. The summed E-state index contributed by atoms with van der Waals surface area (Å²) < 4.78 is 5.42. The molecule has 0 radical (unpaired) electrons. The van der Waals surface area contributed by atoms with Crippen LogP contribution in [0.25, 0.3) is 10.9 Å². The molecule has 0 saturated heterocycles. The minimum absolute atomic E-state index is 0.183. The zero-order chi connectivity index (χ0) is 23.5. The molecule has 0 atom stereocenters. The second-order valence-corrected chi connectivity index (χ2v) is 8.49. The van der Waals surface area contributed by atoms with Crippen LogP contribution >= 0.6 is 0 Å². The van der Waals surface area contributed by atoms with Crippen molar-refractivity contribution in [3.63, 3.8) is 0 Å². The zero-order valence-electron chi connectivity index (χ0n) is 19.4. The fraction of sp³-hybridized carbons (Fsp3) is 0.214. The maximum atomic E-state index is 13.6. The maximum absolute atomic E-state index is 13.6. The molecule has 0 fully saturated rings. The molecule has 1 N–H and O–H groups in total. The highest BCUT2D eigenvalue weighted by Crippen LogP contribution is 2.23. The van der Waals surface area contributed by atoms with Gasteiger partial charge >= 0.3 is 0 Å². The lowest BCUT2D eigenvalue weighted by Crippen LogP contribution is -2.32. The summed E-state index contributed by atoms with van der Waals surface area (Å²) in [4.78, 5) is 31.2. The van der Waals surface area contributed by atoms with Gasteiger partial charge in [-0.3, -0.25) is 9.59 Å². The van der Waals surface area contributed by atoms with Gasteiger partial charge in [0, 0.05) is 17.6 Å². The molecule has 4 rings (SSSR count). The summed E-state index contributed by atoms with van der Waals surface area (Å²) in [5.74, 6) is 0.322. The van der Waals surface area contributed by atoms with E-state index in [9.17, 15) is 9.59 Å². The van der Waals surface area contributed by atoms with Gasteiger partial charge < -0.3 is 14.6 Å². The maximum Gasteiger partial charge on any atom is 0.258 e. The largest absolute Gasteiger partial charge is 0.496 e. The average Bonchev–Trinajstić information content (AvgIpc) is 2.81. The number of H-pyrrole nitrogens is 1. The Kier molecular flexibility index (Phi) is 6.31. The number of aryl methyl sites for hydroxylation is 3. The van der Waals surface area contributed by atoms with Crippen molar-refractivity contribution in [3.05, 3.63) is 110 Å². The third kappa shape index (κ3) is 4.82. The Morgan fingerprint density at radius 2 is 1.61 bits per heavy atom. The molecule has 3 aromatic carbocycles. The molecule has 4 aromatic rings. The van der Waals surface area contributed by atoms with E-state index in [2.05, 4.69) is 18.0 Å². The third-order valence-corrected chi connectivity index (χ3v) is 6.02. The smallest absolute Gasteiger partial charge is 0.258 e. The summed E-state index contributed by atoms with van der Waals surface area (Å²) in [5, 5.41) is 0.952. The highest BCUT2D eigenvalue weighted by Gasteiger charge is 2.21. The average molecular weight is 441 g/mol. The molecule has 33 heavy (non-hydrogen) atoms. The van der Waals surface area contributed by atoms with Gasteiger partial charge in [-0.2, -0.15) is 0 Å². The number of aromatic nitrogens is 1. The summed E-state index contributed by atoms with van der Waals surface area (Å²) in [7, 11) is 1.55. The van der Waals surface area contributed by atoms with Gasteiger partial charge in [0.15, 0.2) is 0 Å². The Bertz CT molecular complexity index is 1370. The zero-order valence-corrected chi connectivity index (χ0v) is 19.4. The van der Waals surface area contributed by atoms with Crippen molar-refractivity contribution in [2.75, 3.05) is 7.11 Å². The first-order chi connectivity index (χ1) is 15.9. The van der Waals surface area contributed by atoms with E-state index >= 15 is 0 Å². The van der Waals surface area contributed by atoms with Gasteiger partial charge in [-0.1, -0.05) is 42.0 Å². The van der Waals surface area contributed by atoms with E-state index in [1.54, 1.807) is 24.1 Å². The number of carbonyl (C=O) groups excluding carboxylic acids is 1. The Morgan fingerprint density at radius 1 is 0.909 bits per heavy atom. The SMILES string of the molecule is COc1ccccc1C(=O)N(Cc1ccc(C)cc1)Cc1cc2cc(C)c(C)cc2[nH]c1=O. The Labute approximate surface area is 193 Å². The van der Waals surface area contributed by atoms with E-state index in [1.807, 2.05) is 62.4 Å². The summed E-state index contributed by atoms with van der Waals surface area (Å²) in [6, 6.07) is 21.2. The van der Waals surface area contributed by atoms with Gasteiger partial charge in [0.25, 0.3) is 11.5 Å². The number of rotatable bonds is 6. The van der Waals surface area contributed by atoms with Crippen LogP contribution in [0.4, 0.5) is 0 Å². The first kappa shape index (κ1) is 22.3. The molecule has 5 nitrogen and oxygen atoms in total. The van der Waals surface area contributed by atoms with E-state index in [0.29, 0.717) is 23.4 Å². The highest BCUT2D eigenvalue weighted by atomic mass is 16.5. The normalized spacial score (nSPS) is 10.9. The van der Waals surface area contributed by atoms with Crippen molar-refractivity contribution in [2.45, 2.75) is 33.9 Å². The minimum Gasteiger partial charge on any atom is -0.496 e. The predicted molar refractivity (Wildman–Crippen MR) is 132 cm³/mol. The molecule has 1 amide bonds. The molecule has 0 spiro atoms. The van der Waals surface area contributed by atoms with Crippen LogP contribution in [0.15, 0.2) is 71.5 Å². The summed E-state index contributed by atoms with van der Waals surface area (Å²) in [5.41, 5.74) is 6.04. The number of para-hydroxylation sites is 1.